The first-order valence-corrected chi connectivity index (χ1v) is 34.5. The molecule has 476 valence electrons. The van der Waals surface area contributed by atoms with E-state index in [1.165, 1.54) is 218 Å². The molecule has 1 aliphatic heterocycles. The molecule has 1 heterocycles. The van der Waals surface area contributed by atoms with Gasteiger partial charge in [0.1, 0.15) is 36.6 Å². The van der Waals surface area contributed by atoms with Gasteiger partial charge in [-0.15, -0.1) is 0 Å². The molecular weight excluding hydrogens is 1010 g/mol. The highest BCUT2D eigenvalue weighted by Crippen LogP contribution is 2.24. The number of unbranched alkanes of at least 4 members (excludes halogenated alkanes) is 40. The Hall–Kier alpha value is -1.93. The molecule has 1 saturated heterocycles. The van der Waals surface area contributed by atoms with Gasteiger partial charge < -0.3 is 50.5 Å². The quantitative estimate of drug-likeness (QED) is 0.0215. The van der Waals surface area contributed by atoms with Crippen LogP contribution in [0.1, 0.15) is 322 Å². The molecule has 0 aliphatic carbocycles. The second-order valence-electron chi connectivity index (χ2n) is 24.2. The second-order valence-corrected chi connectivity index (χ2v) is 24.2. The summed E-state index contributed by atoms with van der Waals surface area (Å²) in [6.07, 6.45) is 64.8. The number of aliphatic hydroxyl groups is 7. The van der Waals surface area contributed by atoms with Crippen molar-refractivity contribution in [3.05, 3.63) is 48.6 Å². The Labute approximate surface area is 498 Å². The Balaban J connectivity index is 2.26. The zero-order chi connectivity index (χ0) is 58.9. The lowest BCUT2D eigenvalue weighted by Crippen LogP contribution is -2.60. The summed E-state index contributed by atoms with van der Waals surface area (Å²) in [5, 5.41) is 76.4. The van der Waals surface area contributed by atoms with E-state index in [9.17, 15) is 40.5 Å². The molecule has 0 spiro atoms. The zero-order valence-electron chi connectivity index (χ0n) is 52.5. The third-order valence-electron chi connectivity index (χ3n) is 16.6. The summed E-state index contributed by atoms with van der Waals surface area (Å²) in [5.74, 6) is -0.713. The summed E-state index contributed by atoms with van der Waals surface area (Å²) in [4.78, 5) is 13.2. The molecule has 8 N–H and O–H groups in total. The van der Waals surface area contributed by atoms with Gasteiger partial charge in [-0.3, -0.25) is 4.79 Å². The van der Waals surface area contributed by atoms with Crippen molar-refractivity contribution in [1.82, 2.24) is 5.32 Å². The number of carbonyl (C=O) groups is 1. The van der Waals surface area contributed by atoms with Crippen molar-refractivity contribution in [3.8, 4) is 0 Å². The van der Waals surface area contributed by atoms with Crippen molar-refractivity contribution in [2.75, 3.05) is 13.2 Å². The standard InChI is InChI=1S/C70H131NO10/c1-3-5-7-9-11-13-15-17-19-21-23-25-27-28-29-30-31-32-33-34-36-37-39-41-43-45-47-49-51-53-55-57-62(73)65(75)61(60-80-70-68(78)67(77)66(76)64(59-72)81-70)71-69(79)63(74)58-56-54-52-50-48-46-44-42-40-38-35-26-24-22-20-18-16-14-12-10-8-6-4-2/h34,36,38,40-41,43,49,51,61-68,70,72-78H,3-33,35,37,39,42,44-48,50,52-60H2,1-2H3,(H,71,79)/b36-34+,40-38-,43-41+,51-49+. The van der Waals surface area contributed by atoms with Gasteiger partial charge in [-0.2, -0.15) is 0 Å². The molecular formula is C70H131NO10. The number of amides is 1. The van der Waals surface area contributed by atoms with Crippen LogP contribution in [-0.4, -0.2) is 110 Å². The van der Waals surface area contributed by atoms with Crippen molar-refractivity contribution in [2.45, 2.75) is 377 Å². The number of nitrogens with one attached hydrogen (secondary N) is 1. The second kappa shape index (κ2) is 58.5. The van der Waals surface area contributed by atoms with Crippen LogP contribution in [0.15, 0.2) is 48.6 Å². The average molecular weight is 1150 g/mol. The number of allylic oxidation sites excluding steroid dienone is 8. The predicted octanol–water partition coefficient (Wildman–Crippen LogP) is 16.4. The van der Waals surface area contributed by atoms with Gasteiger partial charge in [0.05, 0.1) is 25.4 Å². The van der Waals surface area contributed by atoms with Crippen LogP contribution in [0.5, 0.6) is 0 Å². The molecule has 0 aromatic carbocycles. The van der Waals surface area contributed by atoms with Gasteiger partial charge in [0.25, 0.3) is 0 Å². The average Bonchev–Trinajstić information content (AvgIpc) is 3.51. The highest BCUT2D eigenvalue weighted by Gasteiger charge is 2.44. The summed E-state index contributed by atoms with van der Waals surface area (Å²) in [7, 11) is 0. The third kappa shape index (κ3) is 46.0. The number of aliphatic hydroxyl groups excluding tert-OH is 7. The summed E-state index contributed by atoms with van der Waals surface area (Å²) in [6.45, 7) is 3.48. The monoisotopic (exact) mass is 1150 g/mol. The van der Waals surface area contributed by atoms with Crippen LogP contribution >= 0.6 is 0 Å². The summed E-state index contributed by atoms with van der Waals surface area (Å²) in [6, 6.07) is -1.20. The molecule has 0 aromatic rings. The third-order valence-corrected chi connectivity index (χ3v) is 16.6. The molecule has 0 radical (unpaired) electrons. The van der Waals surface area contributed by atoms with E-state index in [0.29, 0.717) is 19.3 Å². The van der Waals surface area contributed by atoms with E-state index in [1.807, 2.05) is 0 Å². The van der Waals surface area contributed by atoms with Crippen LogP contribution in [-0.2, 0) is 14.3 Å². The maximum Gasteiger partial charge on any atom is 0.249 e. The highest BCUT2D eigenvalue weighted by molar-refractivity contribution is 5.80. The van der Waals surface area contributed by atoms with E-state index >= 15 is 0 Å². The maximum atomic E-state index is 13.2. The zero-order valence-corrected chi connectivity index (χ0v) is 52.5. The first-order chi connectivity index (χ1) is 39.7. The van der Waals surface area contributed by atoms with Crippen molar-refractivity contribution in [2.24, 2.45) is 0 Å². The van der Waals surface area contributed by atoms with Crippen LogP contribution in [0.3, 0.4) is 0 Å². The van der Waals surface area contributed by atoms with E-state index in [-0.39, 0.29) is 12.8 Å². The lowest BCUT2D eigenvalue weighted by atomic mass is 9.98. The maximum absolute atomic E-state index is 13.2. The van der Waals surface area contributed by atoms with Crippen molar-refractivity contribution >= 4 is 5.91 Å². The van der Waals surface area contributed by atoms with E-state index in [4.69, 9.17) is 9.47 Å². The number of hydrogen-bond acceptors (Lipinski definition) is 10. The molecule has 0 saturated carbocycles. The van der Waals surface area contributed by atoms with E-state index in [0.717, 1.165) is 57.8 Å². The first-order valence-electron chi connectivity index (χ1n) is 34.5. The first kappa shape index (κ1) is 77.1. The molecule has 81 heavy (non-hydrogen) atoms. The van der Waals surface area contributed by atoms with Crippen LogP contribution in [0.25, 0.3) is 0 Å². The van der Waals surface area contributed by atoms with Gasteiger partial charge in [-0.1, -0.05) is 281 Å². The molecule has 11 heteroatoms. The number of hydrogen-bond donors (Lipinski definition) is 8. The molecule has 0 bridgehead atoms. The summed E-state index contributed by atoms with van der Waals surface area (Å²) >= 11 is 0. The van der Waals surface area contributed by atoms with Gasteiger partial charge in [-0.25, -0.2) is 0 Å². The highest BCUT2D eigenvalue weighted by atomic mass is 16.7. The predicted molar refractivity (Wildman–Crippen MR) is 339 cm³/mol. The summed E-state index contributed by atoms with van der Waals surface area (Å²) < 4.78 is 11.2. The topological polar surface area (TPSA) is 189 Å². The molecule has 11 nitrogen and oxygen atoms in total. The van der Waals surface area contributed by atoms with Crippen LogP contribution in [0.4, 0.5) is 0 Å². The fourth-order valence-electron chi connectivity index (χ4n) is 11.0. The van der Waals surface area contributed by atoms with E-state index in [1.54, 1.807) is 0 Å². The van der Waals surface area contributed by atoms with Crippen molar-refractivity contribution in [1.29, 1.82) is 0 Å². The van der Waals surface area contributed by atoms with Gasteiger partial charge in [0, 0.05) is 0 Å². The normalized spacial score (nSPS) is 19.4. The van der Waals surface area contributed by atoms with Gasteiger partial charge >= 0.3 is 0 Å². The molecule has 1 aliphatic rings. The SMILES string of the molecule is CCCCCCCCCCCCCC/C=C\CCCCCCCCCC(O)C(=O)NC(COC1OC(CO)C(O)C(O)C1O)C(O)C(O)CCC/C=C/CC/C=C/CC/C=C/CCCCCCCCCCCCCCCCCCCC. The van der Waals surface area contributed by atoms with Crippen molar-refractivity contribution in [3.63, 3.8) is 0 Å². The Kier molecular flexibility index (Phi) is 55.6. The largest absolute Gasteiger partial charge is 0.394 e. The minimum atomic E-state index is -1.68. The number of ether oxygens (including phenoxy) is 2. The number of carbonyl (C=O) groups excluding carboxylic acids is 1. The smallest absolute Gasteiger partial charge is 0.249 e. The van der Waals surface area contributed by atoms with Gasteiger partial charge in [-0.05, 0) is 89.9 Å². The minimum Gasteiger partial charge on any atom is -0.394 e. The molecule has 9 atom stereocenters. The lowest BCUT2D eigenvalue weighted by molar-refractivity contribution is -0.303. The number of rotatable bonds is 60. The summed E-state index contributed by atoms with van der Waals surface area (Å²) in [5.41, 5.74) is 0. The van der Waals surface area contributed by atoms with E-state index in [2.05, 4.69) is 67.8 Å². The van der Waals surface area contributed by atoms with E-state index < -0.39 is 74.2 Å². The molecule has 9 unspecified atom stereocenters. The Bertz CT molecular complexity index is 1460. The lowest BCUT2D eigenvalue weighted by Gasteiger charge is -2.40. The van der Waals surface area contributed by atoms with Crippen LogP contribution in [0.2, 0.25) is 0 Å². The molecule has 1 rings (SSSR count). The Morgan fingerprint density at radius 2 is 0.741 bits per heavy atom. The molecule has 1 amide bonds. The van der Waals surface area contributed by atoms with Gasteiger partial charge in [0.2, 0.25) is 5.91 Å². The minimum absolute atomic E-state index is 0.240. The fourth-order valence-corrected chi connectivity index (χ4v) is 11.0. The Morgan fingerprint density at radius 1 is 0.420 bits per heavy atom. The van der Waals surface area contributed by atoms with Crippen molar-refractivity contribution < 1.29 is 50.0 Å². The molecule has 0 aromatic heterocycles. The van der Waals surface area contributed by atoms with Crippen LogP contribution < -0.4 is 5.32 Å². The fraction of sp³-hybridized carbons (Fsp3) is 0.871. The van der Waals surface area contributed by atoms with Gasteiger partial charge in [0.15, 0.2) is 6.29 Å². The molecule has 1 fully saturated rings. The van der Waals surface area contributed by atoms with Crippen LogP contribution in [0, 0.1) is 0 Å². The Morgan fingerprint density at radius 3 is 1.10 bits per heavy atom.